The minimum atomic E-state index is -0.497. The fourth-order valence-corrected chi connectivity index (χ4v) is 4.88. The molecule has 28 heavy (non-hydrogen) atoms. The van der Waals surface area contributed by atoms with E-state index in [0.717, 1.165) is 25.0 Å². The third-order valence-corrected chi connectivity index (χ3v) is 6.64. The predicted molar refractivity (Wildman–Crippen MR) is 109 cm³/mol. The van der Waals surface area contributed by atoms with E-state index in [1.165, 1.54) is 0 Å². The molecule has 2 saturated heterocycles. The third kappa shape index (κ3) is 7.23. The summed E-state index contributed by atoms with van der Waals surface area (Å²) >= 11 is 1.89. The van der Waals surface area contributed by atoms with Gasteiger partial charge in [0.25, 0.3) is 0 Å². The number of hydrogen-bond donors (Lipinski definition) is 4. The minimum Gasteiger partial charge on any atom is -0.354 e. The summed E-state index contributed by atoms with van der Waals surface area (Å²) in [6.45, 7) is 4.42. The van der Waals surface area contributed by atoms with Crippen molar-refractivity contribution in [2.24, 2.45) is 5.41 Å². The second kappa shape index (κ2) is 10.6. The van der Waals surface area contributed by atoms with E-state index in [4.69, 9.17) is 5.26 Å². The van der Waals surface area contributed by atoms with Gasteiger partial charge in [0.1, 0.15) is 0 Å². The molecular formula is C19H31N5O3S. The molecule has 0 spiro atoms. The van der Waals surface area contributed by atoms with Gasteiger partial charge in [-0.3, -0.25) is 9.59 Å². The van der Waals surface area contributed by atoms with Crippen molar-refractivity contribution in [2.75, 3.05) is 18.8 Å². The van der Waals surface area contributed by atoms with Crippen LogP contribution in [0.15, 0.2) is 0 Å². The predicted octanol–water partition coefficient (Wildman–Crippen LogP) is 1.27. The van der Waals surface area contributed by atoms with Crippen LogP contribution >= 0.6 is 11.8 Å². The molecule has 2 fully saturated rings. The van der Waals surface area contributed by atoms with E-state index >= 15 is 0 Å². The molecule has 0 bridgehead atoms. The van der Waals surface area contributed by atoms with Crippen LogP contribution in [0.25, 0.3) is 0 Å². The highest BCUT2D eigenvalue weighted by molar-refractivity contribution is 8.00. The molecule has 0 radical (unpaired) electrons. The summed E-state index contributed by atoms with van der Waals surface area (Å²) in [6, 6.07) is 2.56. The van der Waals surface area contributed by atoms with Crippen molar-refractivity contribution in [1.82, 2.24) is 21.3 Å². The molecule has 4 N–H and O–H groups in total. The zero-order chi connectivity index (χ0) is 20.6. The molecule has 4 amide bonds. The number of carbonyl (C=O) groups is 3. The van der Waals surface area contributed by atoms with Crippen LogP contribution in [0.4, 0.5) is 4.79 Å². The van der Waals surface area contributed by atoms with Crippen LogP contribution in [0.1, 0.15) is 52.4 Å². The van der Waals surface area contributed by atoms with Gasteiger partial charge in [-0.05, 0) is 33.1 Å². The number of nitrogens with one attached hydrogen (secondary N) is 4. The largest absolute Gasteiger partial charge is 0.354 e. The lowest BCUT2D eigenvalue weighted by Gasteiger charge is -2.16. The lowest BCUT2D eigenvalue weighted by molar-refractivity contribution is -0.123. The molecule has 0 aliphatic carbocycles. The van der Waals surface area contributed by atoms with Crippen LogP contribution in [0.2, 0.25) is 0 Å². The molecule has 2 unspecified atom stereocenters. The molecule has 2 aliphatic heterocycles. The van der Waals surface area contributed by atoms with Crippen LogP contribution in [0.5, 0.6) is 0 Å². The Bertz CT molecular complexity index is 619. The molecule has 2 rings (SSSR count). The van der Waals surface area contributed by atoms with Crippen LogP contribution in [-0.2, 0) is 9.59 Å². The smallest absolute Gasteiger partial charge is 0.315 e. The Labute approximate surface area is 170 Å². The first kappa shape index (κ1) is 22.3. The average molecular weight is 410 g/mol. The summed E-state index contributed by atoms with van der Waals surface area (Å²) in [5.41, 5.74) is -0.497. The van der Waals surface area contributed by atoms with Crippen molar-refractivity contribution >= 4 is 29.6 Å². The number of urea groups is 1. The number of amides is 4. The molecule has 2 aliphatic rings. The number of carbonyl (C=O) groups excluding carboxylic acids is 3. The van der Waals surface area contributed by atoms with Gasteiger partial charge in [-0.15, -0.1) is 0 Å². The monoisotopic (exact) mass is 409 g/mol. The van der Waals surface area contributed by atoms with Crippen LogP contribution < -0.4 is 21.3 Å². The van der Waals surface area contributed by atoms with Gasteiger partial charge in [0.2, 0.25) is 11.8 Å². The van der Waals surface area contributed by atoms with Crippen LogP contribution in [-0.4, -0.2) is 54.0 Å². The van der Waals surface area contributed by atoms with E-state index in [9.17, 15) is 14.4 Å². The average Bonchev–Trinajstić information content (AvgIpc) is 3.20. The lowest BCUT2D eigenvalue weighted by atomic mass is 9.90. The molecule has 9 heteroatoms. The van der Waals surface area contributed by atoms with Crippen molar-refractivity contribution in [3.8, 4) is 6.07 Å². The van der Waals surface area contributed by atoms with Gasteiger partial charge in [-0.25, -0.2) is 4.79 Å². The number of rotatable bonds is 11. The third-order valence-electron chi connectivity index (χ3n) is 5.13. The van der Waals surface area contributed by atoms with Crippen molar-refractivity contribution in [3.63, 3.8) is 0 Å². The summed E-state index contributed by atoms with van der Waals surface area (Å²) in [5, 5.41) is 20.8. The van der Waals surface area contributed by atoms with E-state index in [-0.39, 0.29) is 29.9 Å². The Morgan fingerprint density at radius 1 is 1.18 bits per heavy atom. The summed E-state index contributed by atoms with van der Waals surface area (Å²) in [7, 11) is 0. The number of unbranched alkanes of at least 4 members (excludes halogenated alkanes) is 1. The topological polar surface area (TPSA) is 123 Å². The van der Waals surface area contributed by atoms with Gasteiger partial charge in [-0.2, -0.15) is 17.0 Å². The van der Waals surface area contributed by atoms with E-state index < -0.39 is 5.41 Å². The molecule has 0 aromatic carbocycles. The maximum Gasteiger partial charge on any atom is 0.315 e. The van der Waals surface area contributed by atoms with Crippen LogP contribution in [0.3, 0.4) is 0 Å². The quantitative estimate of drug-likeness (QED) is 0.302. The normalized spacial score (nSPS) is 23.3. The Morgan fingerprint density at radius 2 is 1.86 bits per heavy atom. The molecule has 0 aromatic heterocycles. The Kier molecular flexibility index (Phi) is 8.42. The molecule has 2 heterocycles. The molecular weight excluding hydrogens is 378 g/mol. The van der Waals surface area contributed by atoms with Gasteiger partial charge in [0, 0.05) is 36.9 Å². The molecule has 0 saturated carbocycles. The zero-order valence-corrected chi connectivity index (χ0v) is 17.5. The second-order valence-electron chi connectivity index (χ2n) is 8.06. The van der Waals surface area contributed by atoms with E-state index in [2.05, 4.69) is 27.3 Å². The number of nitrogens with zero attached hydrogens (tertiary/aromatic N) is 1. The molecule has 3 atom stereocenters. The van der Waals surface area contributed by atoms with Gasteiger partial charge in [0.15, 0.2) is 0 Å². The Morgan fingerprint density at radius 3 is 2.54 bits per heavy atom. The highest BCUT2D eigenvalue weighted by Crippen LogP contribution is 2.33. The number of fused-ring (bicyclic) bond motifs is 1. The van der Waals surface area contributed by atoms with Crippen molar-refractivity contribution in [3.05, 3.63) is 0 Å². The summed E-state index contributed by atoms with van der Waals surface area (Å²) in [5.74, 6) is 0.847. The SMILES string of the molecule is CC(C)(C#N)CCC(=O)NCCNC(=O)CCCC[C@H]1SCC2NC(=O)NC21. The lowest BCUT2D eigenvalue weighted by Crippen LogP contribution is -2.36. The molecule has 156 valence electrons. The van der Waals surface area contributed by atoms with Crippen LogP contribution in [0, 0.1) is 16.7 Å². The summed E-state index contributed by atoms with van der Waals surface area (Å²) in [4.78, 5) is 35.0. The van der Waals surface area contributed by atoms with E-state index in [0.29, 0.717) is 37.6 Å². The molecule has 8 nitrogen and oxygen atoms in total. The minimum absolute atomic E-state index is 0.00681. The van der Waals surface area contributed by atoms with E-state index in [1.54, 1.807) is 0 Å². The first-order valence-corrected chi connectivity index (χ1v) is 11.0. The highest BCUT2D eigenvalue weighted by atomic mass is 32.2. The van der Waals surface area contributed by atoms with E-state index in [1.807, 2.05) is 25.6 Å². The Hall–Kier alpha value is -1.95. The Balaban J connectivity index is 1.47. The highest BCUT2D eigenvalue weighted by Gasteiger charge is 2.42. The summed E-state index contributed by atoms with van der Waals surface area (Å²) < 4.78 is 0. The van der Waals surface area contributed by atoms with Gasteiger partial charge >= 0.3 is 6.03 Å². The number of nitriles is 1. The summed E-state index contributed by atoms with van der Waals surface area (Å²) in [6.07, 6.45) is 4.07. The second-order valence-corrected chi connectivity index (χ2v) is 9.34. The standard InChI is InChI=1S/C19H31N5O3S/c1-19(2,12-20)8-7-16(26)22-10-9-21-15(25)6-4-3-5-14-17-13(11-28-14)23-18(27)24-17/h13-14,17H,3-11H2,1-2H3,(H,21,25)(H,22,26)(H2,23,24,27)/t13?,14-,17?/m1/s1. The number of thioether (sulfide) groups is 1. The van der Waals surface area contributed by atoms with Gasteiger partial charge < -0.3 is 21.3 Å². The van der Waals surface area contributed by atoms with Crippen molar-refractivity contribution in [1.29, 1.82) is 5.26 Å². The zero-order valence-electron chi connectivity index (χ0n) is 16.7. The first-order valence-electron chi connectivity index (χ1n) is 9.94. The maximum atomic E-state index is 11.9. The van der Waals surface area contributed by atoms with Crippen molar-refractivity contribution in [2.45, 2.75) is 69.7 Å². The maximum absolute atomic E-state index is 11.9. The fourth-order valence-electron chi connectivity index (χ4n) is 3.34. The molecule has 0 aromatic rings. The fraction of sp³-hybridized carbons (Fsp3) is 0.789. The van der Waals surface area contributed by atoms with Gasteiger partial charge in [0.05, 0.1) is 23.6 Å². The first-order chi connectivity index (χ1) is 13.3. The number of hydrogen-bond acceptors (Lipinski definition) is 5. The van der Waals surface area contributed by atoms with Crippen molar-refractivity contribution < 1.29 is 14.4 Å². The van der Waals surface area contributed by atoms with Gasteiger partial charge in [-0.1, -0.05) is 6.42 Å².